The van der Waals surface area contributed by atoms with Crippen LogP contribution in [0.3, 0.4) is 0 Å². The van der Waals surface area contributed by atoms with Crippen molar-refractivity contribution < 1.29 is 27.4 Å². The number of amides is 2. The third-order valence-corrected chi connectivity index (χ3v) is 4.78. The number of benzene rings is 3. The lowest BCUT2D eigenvalue weighted by molar-refractivity contribution is 0.210. The van der Waals surface area contributed by atoms with Crippen molar-refractivity contribution in [2.75, 3.05) is 25.5 Å². The summed E-state index contributed by atoms with van der Waals surface area (Å²) in [6, 6.07) is 13.4. The molecule has 0 spiro atoms. The van der Waals surface area contributed by atoms with E-state index in [1.165, 1.54) is 42.3 Å². The third-order valence-electron chi connectivity index (χ3n) is 4.78. The summed E-state index contributed by atoms with van der Waals surface area (Å²) in [4.78, 5) is 14.2. The number of anilines is 1. The molecule has 3 N–H and O–H groups in total. The van der Waals surface area contributed by atoms with Gasteiger partial charge in [0, 0.05) is 37.0 Å². The summed E-state index contributed by atoms with van der Waals surface area (Å²) in [5.41, 5.74) is 7.07. The van der Waals surface area contributed by atoms with E-state index in [-0.39, 0.29) is 44.2 Å². The van der Waals surface area contributed by atoms with Gasteiger partial charge in [-0.3, -0.25) is 0 Å². The molecule has 3 rings (SSSR count). The number of halogens is 4. The summed E-state index contributed by atoms with van der Waals surface area (Å²) in [6.45, 7) is 0.657. The standard InChI is InChI=1S/C24H24F3N3O3.ClH/c1-32-23-12-16(2-9-22(23)33-15-17-3-4-19(26)13-21(17)27)14-30(11-10-28)24(31)29-20-7-5-18(25)6-8-20;/h2-9,12-13H,10-11,14-15,28H2,1H3,(H,29,31);1H. The fourth-order valence-corrected chi connectivity index (χ4v) is 3.09. The average molecular weight is 496 g/mol. The first-order chi connectivity index (χ1) is 15.9. The lowest BCUT2D eigenvalue weighted by Crippen LogP contribution is -2.38. The van der Waals surface area contributed by atoms with Crippen molar-refractivity contribution in [3.63, 3.8) is 0 Å². The summed E-state index contributed by atoms with van der Waals surface area (Å²) in [7, 11) is 1.46. The minimum atomic E-state index is -0.699. The van der Waals surface area contributed by atoms with Crippen LogP contribution in [-0.2, 0) is 13.2 Å². The number of methoxy groups -OCH3 is 1. The van der Waals surface area contributed by atoms with Crippen LogP contribution < -0.4 is 20.5 Å². The maximum absolute atomic E-state index is 13.8. The summed E-state index contributed by atoms with van der Waals surface area (Å²) >= 11 is 0. The summed E-state index contributed by atoms with van der Waals surface area (Å²) in [5.74, 6) is -1.00. The number of ether oxygens (including phenoxy) is 2. The van der Waals surface area contributed by atoms with Crippen LogP contribution >= 0.6 is 12.4 Å². The third kappa shape index (κ3) is 7.29. The Kier molecular flexibility index (Phi) is 10.0. The van der Waals surface area contributed by atoms with Crippen LogP contribution in [0.2, 0.25) is 0 Å². The smallest absolute Gasteiger partial charge is 0.322 e. The van der Waals surface area contributed by atoms with Gasteiger partial charge in [0.25, 0.3) is 0 Å². The number of nitrogens with one attached hydrogen (secondary N) is 1. The highest BCUT2D eigenvalue weighted by atomic mass is 35.5. The zero-order chi connectivity index (χ0) is 23.8. The van der Waals surface area contributed by atoms with Crippen molar-refractivity contribution in [1.29, 1.82) is 0 Å². The van der Waals surface area contributed by atoms with Gasteiger partial charge in [0.2, 0.25) is 0 Å². The van der Waals surface area contributed by atoms with E-state index in [2.05, 4.69) is 5.32 Å². The highest BCUT2D eigenvalue weighted by molar-refractivity contribution is 5.89. The second-order valence-electron chi connectivity index (χ2n) is 7.16. The van der Waals surface area contributed by atoms with Crippen molar-refractivity contribution >= 4 is 24.1 Å². The van der Waals surface area contributed by atoms with E-state index in [0.717, 1.165) is 17.7 Å². The normalized spacial score (nSPS) is 10.3. The number of hydrogen-bond acceptors (Lipinski definition) is 4. The average Bonchev–Trinajstić information content (AvgIpc) is 2.80. The molecule has 0 atom stereocenters. The first kappa shape index (κ1) is 26.8. The van der Waals surface area contributed by atoms with Crippen molar-refractivity contribution in [2.45, 2.75) is 13.2 Å². The summed E-state index contributed by atoms with van der Waals surface area (Å²) in [6.07, 6.45) is 0. The van der Waals surface area contributed by atoms with Gasteiger partial charge in [0.1, 0.15) is 24.1 Å². The van der Waals surface area contributed by atoms with Crippen LogP contribution in [0, 0.1) is 17.5 Å². The van der Waals surface area contributed by atoms with E-state index in [0.29, 0.717) is 17.2 Å². The van der Waals surface area contributed by atoms with Crippen molar-refractivity contribution in [2.24, 2.45) is 5.73 Å². The lowest BCUT2D eigenvalue weighted by atomic mass is 10.2. The van der Waals surface area contributed by atoms with Gasteiger partial charge in [-0.1, -0.05) is 6.07 Å². The Hall–Kier alpha value is -3.43. The predicted molar refractivity (Wildman–Crippen MR) is 126 cm³/mol. The Labute approximate surface area is 201 Å². The molecule has 0 aromatic heterocycles. The van der Waals surface area contributed by atoms with Crippen LogP contribution in [0.15, 0.2) is 60.7 Å². The van der Waals surface area contributed by atoms with E-state index in [9.17, 15) is 18.0 Å². The molecule has 182 valence electrons. The number of urea groups is 1. The molecule has 0 bridgehead atoms. The molecule has 0 aliphatic rings. The molecular formula is C24H25ClF3N3O3. The molecule has 0 saturated heterocycles. The lowest BCUT2D eigenvalue weighted by Gasteiger charge is -2.23. The molecule has 3 aromatic rings. The number of rotatable bonds is 9. The van der Waals surface area contributed by atoms with Gasteiger partial charge in [-0.05, 0) is 54.1 Å². The van der Waals surface area contributed by atoms with E-state index >= 15 is 0 Å². The second kappa shape index (κ2) is 12.7. The zero-order valence-electron chi connectivity index (χ0n) is 18.4. The van der Waals surface area contributed by atoms with Gasteiger partial charge in [0.15, 0.2) is 11.5 Å². The molecule has 0 radical (unpaired) electrons. The van der Waals surface area contributed by atoms with E-state index in [4.69, 9.17) is 15.2 Å². The van der Waals surface area contributed by atoms with Crippen LogP contribution in [0.4, 0.5) is 23.7 Å². The fourth-order valence-electron chi connectivity index (χ4n) is 3.09. The number of hydrogen-bond donors (Lipinski definition) is 2. The highest BCUT2D eigenvalue weighted by Crippen LogP contribution is 2.29. The maximum Gasteiger partial charge on any atom is 0.322 e. The molecule has 2 amide bonds. The molecule has 0 aliphatic carbocycles. The van der Waals surface area contributed by atoms with Crippen LogP contribution in [0.1, 0.15) is 11.1 Å². The molecule has 0 aliphatic heterocycles. The molecule has 0 unspecified atom stereocenters. The first-order valence-corrected chi connectivity index (χ1v) is 10.1. The van der Waals surface area contributed by atoms with E-state index in [1.54, 1.807) is 18.2 Å². The number of nitrogens with two attached hydrogens (primary N) is 1. The van der Waals surface area contributed by atoms with Crippen LogP contribution in [-0.4, -0.2) is 31.1 Å². The van der Waals surface area contributed by atoms with Crippen molar-refractivity contribution in [1.82, 2.24) is 4.90 Å². The maximum atomic E-state index is 13.8. The Balaban J connectivity index is 0.00000408. The molecule has 0 heterocycles. The predicted octanol–water partition coefficient (Wildman–Crippen LogP) is 5.11. The van der Waals surface area contributed by atoms with Gasteiger partial charge >= 0.3 is 6.03 Å². The molecule has 10 heteroatoms. The monoisotopic (exact) mass is 495 g/mol. The summed E-state index contributed by atoms with van der Waals surface area (Å²) < 4.78 is 51.0. The zero-order valence-corrected chi connectivity index (χ0v) is 19.2. The largest absolute Gasteiger partial charge is 0.493 e. The van der Waals surface area contributed by atoms with Crippen LogP contribution in [0.25, 0.3) is 0 Å². The van der Waals surface area contributed by atoms with Crippen molar-refractivity contribution in [3.05, 3.63) is 89.2 Å². The van der Waals surface area contributed by atoms with Gasteiger partial charge in [-0.25, -0.2) is 18.0 Å². The highest BCUT2D eigenvalue weighted by Gasteiger charge is 2.16. The minimum absolute atomic E-state index is 0. The van der Waals surface area contributed by atoms with Gasteiger partial charge < -0.3 is 25.4 Å². The van der Waals surface area contributed by atoms with E-state index in [1.807, 2.05) is 0 Å². The minimum Gasteiger partial charge on any atom is -0.493 e. The molecule has 6 nitrogen and oxygen atoms in total. The Morgan fingerprint density at radius 2 is 1.68 bits per heavy atom. The molecule has 0 fully saturated rings. The number of carbonyl (C=O) groups is 1. The van der Waals surface area contributed by atoms with Gasteiger partial charge in [-0.2, -0.15) is 0 Å². The molecule has 3 aromatic carbocycles. The topological polar surface area (TPSA) is 76.8 Å². The van der Waals surface area contributed by atoms with Crippen molar-refractivity contribution in [3.8, 4) is 11.5 Å². The Morgan fingerprint density at radius 3 is 2.32 bits per heavy atom. The number of carbonyl (C=O) groups excluding carboxylic acids is 1. The molecular weight excluding hydrogens is 471 g/mol. The van der Waals surface area contributed by atoms with E-state index < -0.39 is 23.5 Å². The van der Waals surface area contributed by atoms with Gasteiger partial charge in [-0.15, -0.1) is 12.4 Å². The van der Waals surface area contributed by atoms with Crippen LogP contribution in [0.5, 0.6) is 11.5 Å². The SMILES string of the molecule is COc1cc(CN(CCN)C(=O)Nc2ccc(F)cc2)ccc1OCc1ccc(F)cc1F.Cl. The number of nitrogens with zero attached hydrogens (tertiary/aromatic N) is 1. The Morgan fingerprint density at radius 1 is 0.971 bits per heavy atom. The van der Waals surface area contributed by atoms with Gasteiger partial charge in [0.05, 0.1) is 7.11 Å². The molecule has 0 saturated carbocycles. The second-order valence-corrected chi connectivity index (χ2v) is 7.16. The summed E-state index contributed by atoms with van der Waals surface area (Å²) in [5, 5.41) is 2.71. The first-order valence-electron chi connectivity index (χ1n) is 10.1. The fraction of sp³-hybridized carbons (Fsp3) is 0.208. The molecule has 34 heavy (non-hydrogen) atoms. The quantitative estimate of drug-likeness (QED) is 0.432. The Bertz CT molecular complexity index is 1100.